The van der Waals surface area contributed by atoms with Crippen LogP contribution in [0, 0.1) is 5.82 Å². The molecule has 0 unspecified atom stereocenters. The summed E-state index contributed by atoms with van der Waals surface area (Å²) in [5.41, 5.74) is 2.55. The minimum absolute atomic E-state index is 0.252. The molecule has 0 saturated carbocycles. The van der Waals surface area contributed by atoms with Gasteiger partial charge in [0.25, 0.3) is 0 Å². The Labute approximate surface area is 189 Å². The molecule has 0 amide bonds. The standard InChI is InChI=1S/C24H22FN3O3S/c1-29-20-12-17(13-21(30-2)22(20)31-3)26-23-18-6-4-5-7-19(18)27-24(28-23)32-14-15-8-10-16(25)11-9-15/h4-13H,14H2,1-3H3,(H,26,27,28). The van der Waals surface area contributed by atoms with E-state index in [1.54, 1.807) is 33.5 Å². The molecular weight excluding hydrogens is 429 g/mol. The summed E-state index contributed by atoms with van der Waals surface area (Å²) in [5, 5.41) is 4.86. The molecule has 0 aliphatic rings. The number of halogens is 1. The summed E-state index contributed by atoms with van der Waals surface area (Å²) in [5.74, 6) is 2.63. The first-order valence-corrected chi connectivity index (χ1v) is 10.8. The number of nitrogens with one attached hydrogen (secondary N) is 1. The molecule has 6 nitrogen and oxygen atoms in total. The highest BCUT2D eigenvalue weighted by Gasteiger charge is 2.15. The smallest absolute Gasteiger partial charge is 0.203 e. The third kappa shape index (κ3) is 4.70. The summed E-state index contributed by atoms with van der Waals surface area (Å²) in [6.45, 7) is 0. The van der Waals surface area contributed by atoms with E-state index in [2.05, 4.69) is 10.3 Å². The van der Waals surface area contributed by atoms with Crippen LogP contribution in [0.15, 0.2) is 65.8 Å². The number of benzene rings is 3. The quantitative estimate of drug-likeness (QED) is 0.267. The van der Waals surface area contributed by atoms with Gasteiger partial charge in [0.2, 0.25) is 5.75 Å². The number of para-hydroxylation sites is 1. The SMILES string of the molecule is COc1cc(Nc2nc(SCc3ccc(F)cc3)nc3ccccc23)cc(OC)c1OC. The van der Waals surface area contributed by atoms with E-state index < -0.39 is 0 Å². The molecule has 3 aromatic carbocycles. The predicted octanol–water partition coefficient (Wildman–Crippen LogP) is 5.83. The summed E-state index contributed by atoms with van der Waals surface area (Å²) in [4.78, 5) is 9.41. The Morgan fingerprint density at radius 3 is 2.22 bits per heavy atom. The van der Waals surface area contributed by atoms with Gasteiger partial charge in [0.05, 0.1) is 26.8 Å². The molecule has 0 atom stereocenters. The molecule has 1 aromatic heterocycles. The third-order valence-corrected chi connectivity index (χ3v) is 5.71. The number of rotatable bonds is 8. The number of anilines is 2. The monoisotopic (exact) mass is 451 g/mol. The lowest BCUT2D eigenvalue weighted by Gasteiger charge is -2.16. The maximum atomic E-state index is 13.2. The van der Waals surface area contributed by atoms with E-state index in [0.717, 1.165) is 22.2 Å². The lowest BCUT2D eigenvalue weighted by molar-refractivity contribution is 0.324. The van der Waals surface area contributed by atoms with Crippen LogP contribution in [-0.4, -0.2) is 31.3 Å². The van der Waals surface area contributed by atoms with Gasteiger partial charge in [0.15, 0.2) is 16.7 Å². The van der Waals surface area contributed by atoms with E-state index in [1.807, 2.05) is 36.4 Å². The number of methoxy groups -OCH3 is 3. The highest BCUT2D eigenvalue weighted by atomic mass is 32.2. The molecule has 1 N–H and O–H groups in total. The van der Waals surface area contributed by atoms with Crippen LogP contribution in [0.2, 0.25) is 0 Å². The van der Waals surface area contributed by atoms with Crippen molar-refractivity contribution in [3.05, 3.63) is 72.0 Å². The van der Waals surface area contributed by atoms with Gasteiger partial charge in [-0.25, -0.2) is 14.4 Å². The van der Waals surface area contributed by atoms with Crippen molar-refractivity contribution in [1.29, 1.82) is 0 Å². The Bertz CT molecular complexity index is 1210. The second-order valence-electron chi connectivity index (χ2n) is 6.83. The van der Waals surface area contributed by atoms with Crippen LogP contribution < -0.4 is 19.5 Å². The van der Waals surface area contributed by atoms with Crippen molar-refractivity contribution < 1.29 is 18.6 Å². The number of ether oxygens (including phenoxy) is 3. The molecule has 1 heterocycles. The summed E-state index contributed by atoms with van der Waals surface area (Å²) in [6.07, 6.45) is 0. The number of hydrogen-bond acceptors (Lipinski definition) is 7. The van der Waals surface area contributed by atoms with Crippen LogP contribution in [0.4, 0.5) is 15.9 Å². The van der Waals surface area contributed by atoms with Gasteiger partial charge in [0, 0.05) is 29.0 Å². The summed E-state index contributed by atoms with van der Waals surface area (Å²) >= 11 is 1.49. The Hall–Kier alpha value is -3.52. The van der Waals surface area contributed by atoms with Gasteiger partial charge in [-0.15, -0.1) is 0 Å². The average molecular weight is 452 g/mol. The average Bonchev–Trinajstić information content (AvgIpc) is 2.83. The maximum Gasteiger partial charge on any atom is 0.203 e. The van der Waals surface area contributed by atoms with Crippen LogP contribution in [0.1, 0.15) is 5.56 Å². The molecule has 0 aliphatic carbocycles. The Morgan fingerprint density at radius 2 is 1.56 bits per heavy atom. The van der Waals surface area contributed by atoms with Gasteiger partial charge in [-0.1, -0.05) is 36.0 Å². The molecule has 0 aliphatic heterocycles. The molecule has 4 rings (SSSR count). The molecule has 32 heavy (non-hydrogen) atoms. The van der Waals surface area contributed by atoms with Gasteiger partial charge in [-0.2, -0.15) is 0 Å². The van der Waals surface area contributed by atoms with Crippen molar-refractivity contribution in [2.24, 2.45) is 0 Å². The Kier molecular flexibility index (Phi) is 6.61. The number of nitrogens with zero attached hydrogens (tertiary/aromatic N) is 2. The fourth-order valence-corrected chi connectivity index (χ4v) is 4.04. The summed E-state index contributed by atoms with van der Waals surface area (Å²) in [6, 6.07) is 17.9. The predicted molar refractivity (Wildman–Crippen MR) is 125 cm³/mol. The number of aromatic nitrogens is 2. The van der Waals surface area contributed by atoms with Crippen molar-refractivity contribution in [3.8, 4) is 17.2 Å². The van der Waals surface area contributed by atoms with Gasteiger partial charge >= 0.3 is 0 Å². The van der Waals surface area contributed by atoms with E-state index in [1.165, 1.54) is 23.9 Å². The van der Waals surface area contributed by atoms with E-state index in [4.69, 9.17) is 19.2 Å². The van der Waals surface area contributed by atoms with E-state index >= 15 is 0 Å². The Morgan fingerprint density at radius 1 is 0.875 bits per heavy atom. The minimum Gasteiger partial charge on any atom is -0.493 e. The highest BCUT2D eigenvalue weighted by Crippen LogP contribution is 2.41. The molecule has 164 valence electrons. The van der Waals surface area contributed by atoms with Crippen molar-refractivity contribution >= 4 is 34.2 Å². The second-order valence-corrected chi connectivity index (χ2v) is 7.77. The molecule has 0 radical (unpaired) electrons. The molecule has 4 aromatic rings. The van der Waals surface area contributed by atoms with Gasteiger partial charge < -0.3 is 19.5 Å². The molecule has 8 heteroatoms. The van der Waals surface area contributed by atoms with Crippen LogP contribution in [0.25, 0.3) is 10.9 Å². The maximum absolute atomic E-state index is 13.2. The first kappa shape index (κ1) is 21.7. The van der Waals surface area contributed by atoms with E-state index in [0.29, 0.717) is 34.0 Å². The van der Waals surface area contributed by atoms with Gasteiger partial charge in [-0.05, 0) is 29.8 Å². The minimum atomic E-state index is -0.252. The topological polar surface area (TPSA) is 65.5 Å². The largest absolute Gasteiger partial charge is 0.493 e. The highest BCUT2D eigenvalue weighted by molar-refractivity contribution is 7.98. The van der Waals surface area contributed by atoms with Crippen molar-refractivity contribution in [2.45, 2.75) is 10.9 Å². The van der Waals surface area contributed by atoms with Crippen molar-refractivity contribution in [2.75, 3.05) is 26.6 Å². The first-order chi connectivity index (χ1) is 15.6. The normalized spacial score (nSPS) is 10.8. The zero-order chi connectivity index (χ0) is 22.5. The fraction of sp³-hybridized carbons (Fsp3) is 0.167. The second kappa shape index (κ2) is 9.74. The number of hydrogen-bond donors (Lipinski definition) is 1. The molecule has 0 bridgehead atoms. The molecule has 0 spiro atoms. The molecule has 0 fully saturated rings. The third-order valence-electron chi connectivity index (χ3n) is 4.79. The van der Waals surface area contributed by atoms with Crippen LogP contribution in [-0.2, 0) is 5.75 Å². The Balaban J connectivity index is 1.68. The fourth-order valence-electron chi connectivity index (χ4n) is 3.23. The molecule has 0 saturated heterocycles. The van der Waals surface area contributed by atoms with E-state index in [9.17, 15) is 4.39 Å². The van der Waals surface area contributed by atoms with Gasteiger partial charge in [0.1, 0.15) is 11.6 Å². The van der Waals surface area contributed by atoms with Crippen LogP contribution in [0.3, 0.4) is 0 Å². The van der Waals surface area contributed by atoms with Gasteiger partial charge in [-0.3, -0.25) is 0 Å². The van der Waals surface area contributed by atoms with Crippen LogP contribution in [0.5, 0.6) is 17.2 Å². The first-order valence-electron chi connectivity index (χ1n) is 9.82. The van der Waals surface area contributed by atoms with E-state index in [-0.39, 0.29) is 5.82 Å². The molecular formula is C24H22FN3O3S. The summed E-state index contributed by atoms with van der Waals surface area (Å²) < 4.78 is 29.5. The van der Waals surface area contributed by atoms with Crippen molar-refractivity contribution in [1.82, 2.24) is 9.97 Å². The number of fused-ring (bicyclic) bond motifs is 1. The number of thioether (sulfide) groups is 1. The zero-order valence-electron chi connectivity index (χ0n) is 17.9. The lowest BCUT2D eigenvalue weighted by atomic mass is 10.2. The zero-order valence-corrected chi connectivity index (χ0v) is 18.7. The summed E-state index contributed by atoms with van der Waals surface area (Å²) in [7, 11) is 4.72. The van der Waals surface area contributed by atoms with Crippen molar-refractivity contribution in [3.63, 3.8) is 0 Å². The lowest BCUT2D eigenvalue weighted by Crippen LogP contribution is -2.01. The van der Waals surface area contributed by atoms with Crippen LogP contribution >= 0.6 is 11.8 Å².